The molecule has 1 heterocycles. The minimum atomic E-state index is -0.800. The summed E-state index contributed by atoms with van der Waals surface area (Å²) < 4.78 is 5.85. The molecule has 1 fully saturated rings. The Morgan fingerprint density at radius 1 is 1.00 bits per heavy atom. The molecular weight excluding hydrogens is 462 g/mol. The zero-order valence-electron chi connectivity index (χ0n) is 20.2. The number of anilines is 1. The van der Waals surface area contributed by atoms with Crippen LogP contribution in [0.1, 0.15) is 42.1 Å². The Hall–Kier alpha value is -3.57. The highest BCUT2D eigenvalue weighted by Crippen LogP contribution is 2.43. The molecule has 4 rings (SSSR count). The standard InChI is InChI=1S/C29H28ClNO4/c1-17(2)16-35-24-13-11-21(14-19(24)4)27(32)25-26(20-8-6-5-7-9-20)31(29(34)28(25)33)23-15-22(30)12-10-18(23)3/h5-15,17,26,32H,16H2,1-4H3/b27-25+. The van der Waals surface area contributed by atoms with E-state index in [-0.39, 0.29) is 11.3 Å². The van der Waals surface area contributed by atoms with Gasteiger partial charge in [0.25, 0.3) is 11.7 Å². The first-order chi connectivity index (χ1) is 16.7. The van der Waals surface area contributed by atoms with Gasteiger partial charge in [0.15, 0.2) is 0 Å². The molecule has 3 aromatic rings. The summed E-state index contributed by atoms with van der Waals surface area (Å²) in [6.07, 6.45) is 0. The molecule has 1 aliphatic heterocycles. The molecule has 1 amide bonds. The summed E-state index contributed by atoms with van der Waals surface area (Å²) in [7, 11) is 0. The number of carbonyl (C=O) groups excluding carboxylic acids is 2. The lowest BCUT2D eigenvalue weighted by Crippen LogP contribution is -2.30. The number of ether oxygens (including phenoxy) is 1. The molecule has 6 heteroatoms. The van der Waals surface area contributed by atoms with Crippen molar-refractivity contribution in [3.8, 4) is 5.75 Å². The fourth-order valence-electron chi connectivity index (χ4n) is 4.24. The molecule has 1 aliphatic rings. The Labute approximate surface area is 210 Å². The fourth-order valence-corrected chi connectivity index (χ4v) is 4.41. The Bertz CT molecular complexity index is 1310. The van der Waals surface area contributed by atoms with Crippen molar-refractivity contribution in [3.05, 3.63) is 99.6 Å². The number of hydrogen-bond acceptors (Lipinski definition) is 4. The van der Waals surface area contributed by atoms with Gasteiger partial charge in [-0.3, -0.25) is 14.5 Å². The molecule has 0 aliphatic carbocycles. The quantitative estimate of drug-likeness (QED) is 0.240. The topological polar surface area (TPSA) is 66.8 Å². The SMILES string of the molecule is Cc1cc(/C(O)=C2\C(=O)C(=O)N(c3cc(Cl)ccc3C)C2c2ccccc2)ccc1OCC(C)C. The first kappa shape index (κ1) is 24.6. The smallest absolute Gasteiger partial charge is 0.300 e. The predicted molar refractivity (Wildman–Crippen MR) is 139 cm³/mol. The second-order valence-electron chi connectivity index (χ2n) is 9.20. The van der Waals surface area contributed by atoms with Crippen LogP contribution in [0.2, 0.25) is 5.02 Å². The Morgan fingerprint density at radius 3 is 2.37 bits per heavy atom. The van der Waals surface area contributed by atoms with Crippen molar-refractivity contribution >= 4 is 34.7 Å². The van der Waals surface area contributed by atoms with E-state index < -0.39 is 17.7 Å². The summed E-state index contributed by atoms with van der Waals surface area (Å²) in [5, 5.41) is 11.8. The number of rotatable bonds is 6. The van der Waals surface area contributed by atoms with Gasteiger partial charge in [-0.15, -0.1) is 0 Å². The van der Waals surface area contributed by atoms with Gasteiger partial charge in [0.05, 0.1) is 18.2 Å². The maximum atomic E-state index is 13.3. The Kier molecular flexibility index (Phi) is 6.99. The molecule has 1 unspecified atom stereocenters. The summed E-state index contributed by atoms with van der Waals surface area (Å²) in [4.78, 5) is 28.1. The number of hydrogen-bond donors (Lipinski definition) is 1. The van der Waals surface area contributed by atoms with Crippen molar-refractivity contribution in [1.29, 1.82) is 0 Å². The van der Waals surface area contributed by atoms with Gasteiger partial charge in [0.1, 0.15) is 11.5 Å². The molecule has 35 heavy (non-hydrogen) atoms. The van der Waals surface area contributed by atoms with E-state index in [0.717, 1.165) is 11.1 Å². The third-order valence-electron chi connectivity index (χ3n) is 6.01. The van der Waals surface area contributed by atoms with Crippen LogP contribution in [0.3, 0.4) is 0 Å². The fraction of sp³-hybridized carbons (Fsp3) is 0.241. The molecule has 1 N–H and O–H groups in total. The number of aliphatic hydroxyl groups is 1. The number of ketones is 1. The number of amides is 1. The van der Waals surface area contributed by atoms with Crippen LogP contribution in [0.4, 0.5) is 5.69 Å². The van der Waals surface area contributed by atoms with E-state index in [0.29, 0.717) is 40.1 Å². The summed E-state index contributed by atoms with van der Waals surface area (Å²) >= 11 is 6.25. The van der Waals surface area contributed by atoms with Crippen LogP contribution in [0.15, 0.2) is 72.3 Å². The molecule has 180 valence electrons. The highest BCUT2D eigenvalue weighted by molar-refractivity contribution is 6.52. The van der Waals surface area contributed by atoms with E-state index in [2.05, 4.69) is 13.8 Å². The van der Waals surface area contributed by atoms with Gasteiger partial charge in [0.2, 0.25) is 0 Å². The third kappa shape index (κ3) is 4.82. The lowest BCUT2D eigenvalue weighted by atomic mass is 9.94. The van der Waals surface area contributed by atoms with Gasteiger partial charge in [-0.1, -0.05) is 61.8 Å². The second-order valence-corrected chi connectivity index (χ2v) is 9.63. The monoisotopic (exact) mass is 489 g/mol. The van der Waals surface area contributed by atoms with Gasteiger partial charge in [0, 0.05) is 16.3 Å². The lowest BCUT2D eigenvalue weighted by molar-refractivity contribution is -0.132. The number of Topliss-reactive ketones (excluding diaryl/α,β-unsaturated/α-hetero) is 1. The van der Waals surface area contributed by atoms with Crippen LogP contribution < -0.4 is 9.64 Å². The molecule has 3 aromatic carbocycles. The highest BCUT2D eigenvalue weighted by atomic mass is 35.5. The van der Waals surface area contributed by atoms with Crippen molar-refractivity contribution < 1.29 is 19.4 Å². The molecular formula is C29H28ClNO4. The van der Waals surface area contributed by atoms with Gasteiger partial charge in [-0.25, -0.2) is 0 Å². The maximum absolute atomic E-state index is 13.3. The van der Waals surface area contributed by atoms with Crippen molar-refractivity contribution in [3.63, 3.8) is 0 Å². The number of benzene rings is 3. The van der Waals surface area contributed by atoms with Crippen LogP contribution in [0, 0.1) is 19.8 Å². The van der Waals surface area contributed by atoms with E-state index >= 15 is 0 Å². The largest absolute Gasteiger partial charge is 0.507 e. The number of aryl methyl sites for hydroxylation is 2. The van der Waals surface area contributed by atoms with E-state index in [9.17, 15) is 14.7 Å². The predicted octanol–water partition coefficient (Wildman–Crippen LogP) is 6.62. The van der Waals surface area contributed by atoms with E-state index in [4.69, 9.17) is 16.3 Å². The third-order valence-corrected chi connectivity index (χ3v) is 6.25. The summed E-state index contributed by atoms with van der Waals surface area (Å²) in [6.45, 7) is 8.45. The molecule has 0 saturated carbocycles. The molecule has 0 aromatic heterocycles. The van der Waals surface area contributed by atoms with Gasteiger partial charge in [-0.2, -0.15) is 0 Å². The first-order valence-corrected chi connectivity index (χ1v) is 11.9. The zero-order chi connectivity index (χ0) is 25.3. The van der Waals surface area contributed by atoms with Crippen LogP contribution >= 0.6 is 11.6 Å². The van der Waals surface area contributed by atoms with Gasteiger partial charge < -0.3 is 9.84 Å². The van der Waals surface area contributed by atoms with Crippen LogP contribution in [-0.2, 0) is 9.59 Å². The molecule has 1 saturated heterocycles. The lowest BCUT2D eigenvalue weighted by Gasteiger charge is -2.27. The van der Waals surface area contributed by atoms with Crippen LogP contribution in [0.5, 0.6) is 5.75 Å². The van der Waals surface area contributed by atoms with Crippen LogP contribution in [0.25, 0.3) is 5.76 Å². The van der Waals surface area contributed by atoms with Crippen molar-refractivity contribution in [1.82, 2.24) is 0 Å². The van der Waals surface area contributed by atoms with E-state index in [1.165, 1.54) is 4.90 Å². The van der Waals surface area contributed by atoms with Crippen molar-refractivity contribution in [2.75, 3.05) is 11.5 Å². The van der Waals surface area contributed by atoms with Gasteiger partial charge >= 0.3 is 0 Å². The molecule has 0 bridgehead atoms. The van der Waals surface area contributed by atoms with E-state index in [1.807, 2.05) is 44.2 Å². The number of carbonyl (C=O) groups is 2. The average Bonchev–Trinajstić information content (AvgIpc) is 3.10. The summed E-state index contributed by atoms with van der Waals surface area (Å²) in [5.74, 6) is -0.588. The number of aliphatic hydroxyl groups excluding tert-OH is 1. The summed E-state index contributed by atoms with van der Waals surface area (Å²) in [6, 6.07) is 18.9. The minimum Gasteiger partial charge on any atom is -0.507 e. The second kappa shape index (κ2) is 9.96. The van der Waals surface area contributed by atoms with Crippen LogP contribution in [-0.4, -0.2) is 23.4 Å². The average molecular weight is 490 g/mol. The maximum Gasteiger partial charge on any atom is 0.300 e. The summed E-state index contributed by atoms with van der Waals surface area (Å²) in [5.41, 5.74) is 3.34. The highest BCUT2D eigenvalue weighted by Gasteiger charge is 2.47. The Morgan fingerprint density at radius 2 is 1.71 bits per heavy atom. The minimum absolute atomic E-state index is 0.0378. The molecule has 1 atom stereocenters. The van der Waals surface area contributed by atoms with Crippen molar-refractivity contribution in [2.45, 2.75) is 33.7 Å². The molecule has 0 spiro atoms. The van der Waals surface area contributed by atoms with Gasteiger partial charge in [-0.05, 0) is 66.8 Å². The first-order valence-electron chi connectivity index (χ1n) is 11.5. The molecule has 0 radical (unpaired) electrons. The number of nitrogens with zero attached hydrogens (tertiary/aromatic N) is 1. The number of halogens is 1. The van der Waals surface area contributed by atoms with E-state index in [1.54, 1.807) is 36.4 Å². The Balaban J connectivity index is 1.86. The normalized spacial score (nSPS) is 17.3. The zero-order valence-corrected chi connectivity index (χ0v) is 21.0. The van der Waals surface area contributed by atoms with Crippen molar-refractivity contribution in [2.24, 2.45) is 5.92 Å². The molecule has 5 nitrogen and oxygen atoms in total.